The molecule has 310 valence electrons. The molecule has 0 aromatic heterocycles. The lowest BCUT2D eigenvalue weighted by atomic mass is 10.0. The molecule has 1 amide bonds. The van der Waals surface area contributed by atoms with Gasteiger partial charge in [-0.3, -0.25) is 4.79 Å². The average molecular weight is 744 g/mol. The minimum absolute atomic E-state index is 0.308. The van der Waals surface area contributed by atoms with Crippen molar-refractivity contribution in [2.45, 2.75) is 237 Å². The summed E-state index contributed by atoms with van der Waals surface area (Å²) in [5.41, 5.74) is 0. The lowest BCUT2D eigenvalue weighted by Crippen LogP contribution is -2.44. The van der Waals surface area contributed by atoms with Crippen LogP contribution in [0.1, 0.15) is 225 Å². The number of allylic oxidation sites excluding steroid dienone is 6. The number of aliphatic hydroxyl groups is 3. The SMILES string of the molecule is CCCCCCCCCCCCCCCCCC=CC(O)C(CO)NC(=O)C=CC=CC=CCCCCCCCCCCCCCCCCCCCO. The highest BCUT2D eigenvalue weighted by Gasteiger charge is 2.16. The van der Waals surface area contributed by atoms with E-state index in [9.17, 15) is 15.0 Å². The Morgan fingerprint density at radius 3 is 1.23 bits per heavy atom. The van der Waals surface area contributed by atoms with Gasteiger partial charge in [-0.1, -0.05) is 236 Å². The molecule has 0 bridgehead atoms. The Bertz CT molecular complexity index is 850. The van der Waals surface area contributed by atoms with Gasteiger partial charge in [0.25, 0.3) is 0 Å². The zero-order chi connectivity index (χ0) is 38.6. The molecule has 2 unspecified atom stereocenters. The van der Waals surface area contributed by atoms with Crippen LogP contribution in [0.4, 0.5) is 0 Å². The van der Waals surface area contributed by atoms with Crippen molar-refractivity contribution in [3.63, 3.8) is 0 Å². The van der Waals surface area contributed by atoms with E-state index in [2.05, 4.69) is 18.3 Å². The molecular formula is C48H89NO4. The summed E-state index contributed by atoms with van der Waals surface area (Å²) in [5, 5.41) is 31.6. The number of rotatable bonds is 42. The minimum atomic E-state index is -0.901. The molecular weight excluding hydrogens is 655 g/mol. The predicted octanol–water partition coefficient (Wildman–Crippen LogP) is 13.3. The highest BCUT2D eigenvalue weighted by atomic mass is 16.3. The van der Waals surface area contributed by atoms with Gasteiger partial charge in [-0.2, -0.15) is 0 Å². The maximum atomic E-state index is 12.3. The third-order valence-corrected chi connectivity index (χ3v) is 10.5. The van der Waals surface area contributed by atoms with Crippen molar-refractivity contribution >= 4 is 5.91 Å². The van der Waals surface area contributed by atoms with E-state index in [-0.39, 0.29) is 12.5 Å². The second-order valence-electron chi connectivity index (χ2n) is 15.6. The van der Waals surface area contributed by atoms with Gasteiger partial charge in [0.1, 0.15) is 0 Å². The van der Waals surface area contributed by atoms with E-state index in [1.165, 1.54) is 199 Å². The Balaban J connectivity index is 3.66. The van der Waals surface area contributed by atoms with E-state index in [4.69, 9.17) is 5.11 Å². The van der Waals surface area contributed by atoms with Gasteiger partial charge < -0.3 is 20.6 Å². The zero-order valence-corrected chi connectivity index (χ0v) is 35.0. The fraction of sp³-hybridized carbons (Fsp3) is 0.812. The summed E-state index contributed by atoms with van der Waals surface area (Å²) >= 11 is 0. The van der Waals surface area contributed by atoms with Gasteiger partial charge in [0, 0.05) is 12.7 Å². The molecule has 0 rings (SSSR count). The van der Waals surface area contributed by atoms with Crippen LogP contribution in [-0.4, -0.2) is 46.6 Å². The first-order valence-corrected chi connectivity index (χ1v) is 23.0. The van der Waals surface area contributed by atoms with Gasteiger partial charge in [-0.05, 0) is 32.1 Å². The summed E-state index contributed by atoms with van der Waals surface area (Å²) in [6.45, 7) is 2.32. The molecule has 0 fully saturated rings. The van der Waals surface area contributed by atoms with Crippen molar-refractivity contribution in [3.8, 4) is 0 Å². The van der Waals surface area contributed by atoms with Gasteiger partial charge in [0.15, 0.2) is 0 Å². The number of aliphatic hydroxyl groups excluding tert-OH is 3. The Morgan fingerprint density at radius 1 is 0.472 bits per heavy atom. The number of amides is 1. The molecule has 0 aromatic carbocycles. The van der Waals surface area contributed by atoms with Crippen LogP contribution in [0.15, 0.2) is 48.6 Å². The first kappa shape index (κ1) is 51.3. The normalized spacial score (nSPS) is 13.4. The van der Waals surface area contributed by atoms with Gasteiger partial charge in [-0.15, -0.1) is 0 Å². The Labute approximate surface area is 329 Å². The molecule has 0 saturated carbocycles. The number of carbonyl (C=O) groups excluding carboxylic acids is 1. The van der Waals surface area contributed by atoms with Gasteiger partial charge >= 0.3 is 0 Å². The van der Waals surface area contributed by atoms with Crippen LogP contribution in [0.5, 0.6) is 0 Å². The molecule has 4 N–H and O–H groups in total. The molecule has 0 radical (unpaired) electrons. The summed E-state index contributed by atoms with van der Waals surface area (Å²) in [7, 11) is 0. The molecule has 0 aliphatic rings. The number of carbonyl (C=O) groups is 1. The van der Waals surface area contributed by atoms with Crippen LogP contribution in [0.2, 0.25) is 0 Å². The fourth-order valence-electron chi connectivity index (χ4n) is 6.94. The monoisotopic (exact) mass is 744 g/mol. The highest BCUT2D eigenvalue weighted by Crippen LogP contribution is 2.16. The third-order valence-electron chi connectivity index (χ3n) is 10.5. The van der Waals surface area contributed by atoms with Crippen LogP contribution in [0, 0.1) is 0 Å². The number of nitrogens with one attached hydrogen (secondary N) is 1. The van der Waals surface area contributed by atoms with Crippen molar-refractivity contribution < 1.29 is 20.1 Å². The summed E-state index contributed by atoms with van der Waals surface area (Å²) in [6.07, 6.45) is 58.6. The van der Waals surface area contributed by atoms with Crippen LogP contribution < -0.4 is 5.32 Å². The van der Waals surface area contributed by atoms with E-state index >= 15 is 0 Å². The molecule has 0 aliphatic carbocycles. The van der Waals surface area contributed by atoms with Crippen LogP contribution in [0.3, 0.4) is 0 Å². The van der Waals surface area contributed by atoms with E-state index in [0.717, 1.165) is 25.7 Å². The molecule has 0 heterocycles. The maximum absolute atomic E-state index is 12.3. The number of hydrogen-bond donors (Lipinski definition) is 4. The van der Waals surface area contributed by atoms with E-state index < -0.39 is 12.1 Å². The smallest absolute Gasteiger partial charge is 0.244 e. The molecule has 0 saturated heterocycles. The van der Waals surface area contributed by atoms with Gasteiger partial charge in [-0.25, -0.2) is 0 Å². The summed E-state index contributed by atoms with van der Waals surface area (Å²) < 4.78 is 0. The molecule has 0 aliphatic heterocycles. The lowest BCUT2D eigenvalue weighted by molar-refractivity contribution is -0.118. The van der Waals surface area contributed by atoms with Crippen molar-refractivity contribution in [3.05, 3.63) is 48.6 Å². The third kappa shape index (κ3) is 41.3. The molecule has 0 aromatic rings. The number of unbranched alkanes of at least 4 members (excludes halogenated alkanes) is 32. The van der Waals surface area contributed by atoms with E-state index in [1.54, 1.807) is 12.2 Å². The standard InChI is InChI=1S/C48H89NO4/c1-2-3-4-5-6-7-8-9-10-18-21-24-27-30-33-36-39-42-47(52)46(45-51)49-48(53)43-40-37-34-31-28-25-22-19-16-14-12-11-13-15-17-20-23-26-29-32-35-38-41-44-50/h28,31,34,37,39-40,42-43,46-47,50-52H,2-27,29-30,32-33,35-36,38,41,44-45H2,1H3,(H,49,53). The predicted molar refractivity (Wildman–Crippen MR) is 231 cm³/mol. The lowest BCUT2D eigenvalue weighted by Gasteiger charge is -2.18. The van der Waals surface area contributed by atoms with E-state index in [0.29, 0.717) is 6.61 Å². The van der Waals surface area contributed by atoms with Gasteiger partial charge in [0.05, 0.1) is 18.8 Å². The first-order chi connectivity index (χ1) is 26.2. The van der Waals surface area contributed by atoms with E-state index in [1.807, 2.05) is 24.3 Å². The van der Waals surface area contributed by atoms with Gasteiger partial charge in [0.2, 0.25) is 5.91 Å². The highest BCUT2D eigenvalue weighted by molar-refractivity contribution is 5.88. The zero-order valence-electron chi connectivity index (χ0n) is 35.0. The quantitative estimate of drug-likeness (QED) is 0.0217. The summed E-state index contributed by atoms with van der Waals surface area (Å²) in [6, 6.07) is -0.711. The summed E-state index contributed by atoms with van der Waals surface area (Å²) in [5.74, 6) is -0.319. The van der Waals surface area contributed by atoms with Crippen molar-refractivity contribution in [1.29, 1.82) is 0 Å². The Hall–Kier alpha value is -1.69. The Morgan fingerprint density at radius 2 is 0.830 bits per heavy atom. The fourth-order valence-corrected chi connectivity index (χ4v) is 6.94. The molecule has 0 spiro atoms. The van der Waals surface area contributed by atoms with Crippen molar-refractivity contribution in [2.75, 3.05) is 13.2 Å². The Kier molecular flexibility index (Phi) is 43.3. The molecule has 5 heteroatoms. The largest absolute Gasteiger partial charge is 0.396 e. The molecule has 53 heavy (non-hydrogen) atoms. The molecule has 5 nitrogen and oxygen atoms in total. The second-order valence-corrected chi connectivity index (χ2v) is 15.6. The maximum Gasteiger partial charge on any atom is 0.244 e. The van der Waals surface area contributed by atoms with Crippen LogP contribution in [-0.2, 0) is 4.79 Å². The number of hydrogen-bond acceptors (Lipinski definition) is 4. The van der Waals surface area contributed by atoms with Crippen LogP contribution >= 0.6 is 0 Å². The average Bonchev–Trinajstić information content (AvgIpc) is 3.16. The first-order valence-electron chi connectivity index (χ1n) is 23.0. The topological polar surface area (TPSA) is 89.8 Å². The van der Waals surface area contributed by atoms with Crippen molar-refractivity contribution in [2.24, 2.45) is 0 Å². The molecule has 2 atom stereocenters. The van der Waals surface area contributed by atoms with Crippen molar-refractivity contribution in [1.82, 2.24) is 5.32 Å². The minimum Gasteiger partial charge on any atom is -0.396 e. The van der Waals surface area contributed by atoms with Crippen LogP contribution in [0.25, 0.3) is 0 Å². The second kappa shape index (κ2) is 44.7. The summed E-state index contributed by atoms with van der Waals surface area (Å²) in [4.78, 5) is 12.3.